The first-order valence-corrected chi connectivity index (χ1v) is 10.5. The minimum absolute atomic E-state index is 0.237. The van der Waals surface area contributed by atoms with Gasteiger partial charge in [-0.25, -0.2) is 4.79 Å². The van der Waals surface area contributed by atoms with Gasteiger partial charge in [0.05, 0.1) is 19.3 Å². The molecule has 31 heavy (non-hydrogen) atoms. The van der Waals surface area contributed by atoms with E-state index in [2.05, 4.69) is 0 Å². The van der Waals surface area contributed by atoms with E-state index in [0.29, 0.717) is 33.1 Å². The number of benzene rings is 1. The lowest BCUT2D eigenvalue weighted by atomic mass is 9.99. The second kappa shape index (κ2) is 10.6. The Morgan fingerprint density at radius 1 is 1.16 bits per heavy atom. The largest absolute Gasteiger partial charge is 0.461 e. The molecule has 0 fully saturated rings. The van der Waals surface area contributed by atoms with Crippen LogP contribution in [0, 0.1) is 13.8 Å². The Bertz CT molecular complexity index is 965. The first kappa shape index (κ1) is 24.6. The highest BCUT2D eigenvalue weighted by Crippen LogP contribution is 2.25. The van der Waals surface area contributed by atoms with Crippen molar-refractivity contribution in [2.75, 3.05) is 26.9 Å². The van der Waals surface area contributed by atoms with Gasteiger partial charge in [0.15, 0.2) is 5.78 Å². The summed E-state index contributed by atoms with van der Waals surface area (Å²) in [6.07, 6.45) is 0. The number of hydrogen-bond acceptors (Lipinski definition) is 5. The lowest BCUT2D eigenvalue weighted by molar-refractivity contribution is 0.0513. The van der Waals surface area contributed by atoms with Crippen molar-refractivity contribution in [3.63, 3.8) is 0 Å². The lowest BCUT2D eigenvalue weighted by Crippen LogP contribution is -2.45. The van der Waals surface area contributed by atoms with Crippen molar-refractivity contribution in [1.29, 1.82) is 0 Å². The highest BCUT2D eigenvalue weighted by molar-refractivity contribution is 6.30. The van der Waals surface area contributed by atoms with Crippen molar-refractivity contribution in [1.82, 2.24) is 9.47 Å². The van der Waals surface area contributed by atoms with Crippen molar-refractivity contribution < 1.29 is 23.9 Å². The number of esters is 1. The molecule has 1 heterocycles. The Labute approximate surface area is 187 Å². The molecule has 1 atom stereocenters. The van der Waals surface area contributed by atoms with Gasteiger partial charge in [-0.2, -0.15) is 0 Å². The first-order chi connectivity index (χ1) is 14.6. The number of nitrogens with zero attached hydrogens (tertiary/aromatic N) is 2. The minimum atomic E-state index is -0.770. The van der Waals surface area contributed by atoms with Crippen molar-refractivity contribution in [2.45, 2.75) is 33.7 Å². The van der Waals surface area contributed by atoms with Crippen molar-refractivity contribution >= 4 is 29.3 Å². The summed E-state index contributed by atoms with van der Waals surface area (Å²) in [5.74, 6) is -1.03. The highest BCUT2D eigenvalue weighted by Gasteiger charge is 2.32. The topological polar surface area (TPSA) is 77.8 Å². The van der Waals surface area contributed by atoms with E-state index in [0.717, 1.165) is 0 Å². The van der Waals surface area contributed by atoms with E-state index >= 15 is 0 Å². The zero-order valence-electron chi connectivity index (χ0n) is 18.8. The zero-order chi connectivity index (χ0) is 23.3. The third-order valence-corrected chi connectivity index (χ3v) is 5.63. The Balaban J connectivity index is 2.43. The van der Waals surface area contributed by atoms with Gasteiger partial charge in [-0.3, -0.25) is 9.59 Å². The van der Waals surface area contributed by atoms with Crippen LogP contribution in [0.4, 0.5) is 0 Å². The molecule has 0 aliphatic heterocycles. The lowest BCUT2D eigenvalue weighted by Gasteiger charge is -2.28. The van der Waals surface area contributed by atoms with Crippen LogP contribution in [0.25, 0.3) is 0 Å². The molecule has 0 aliphatic carbocycles. The first-order valence-electron chi connectivity index (χ1n) is 10.1. The van der Waals surface area contributed by atoms with Crippen molar-refractivity contribution in [3.05, 3.63) is 57.4 Å². The number of rotatable bonds is 9. The van der Waals surface area contributed by atoms with Gasteiger partial charge < -0.3 is 18.9 Å². The molecule has 2 aromatic rings. The summed E-state index contributed by atoms with van der Waals surface area (Å²) in [6.45, 7) is 7.66. The fourth-order valence-corrected chi connectivity index (χ4v) is 3.72. The van der Waals surface area contributed by atoms with Crippen LogP contribution in [0.1, 0.15) is 56.3 Å². The van der Waals surface area contributed by atoms with Gasteiger partial charge in [-0.05, 0) is 57.5 Å². The van der Waals surface area contributed by atoms with Crippen molar-refractivity contribution in [3.8, 4) is 0 Å². The maximum absolute atomic E-state index is 13.5. The summed E-state index contributed by atoms with van der Waals surface area (Å²) in [5, 5.41) is 0.520. The van der Waals surface area contributed by atoms with Gasteiger partial charge >= 0.3 is 5.97 Å². The Kier molecular flexibility index (Phi) is 8.42. The van der Waals surface area contributed by atoms with E-state index in [9.17, 15) is 14.4 Å². The quantitative estimate of drug-likeness (QED) is 0.430. The fraction of sp³-hybridized carbons (Fsp3) is 0.435. The van der Waals surface area contributed by atoms with E-state index in [1.54, 1.807) is 63.6 Å². The molecule has 1 amide bonds. The number of amides is 1. The average molecular weight is 449 g/mol. The standard InChI is InChI=1S/C23H29ClN2O5/c1-7-31-23(29)20-14(2)19(15(3)25(20)5)21(27)16(4)26(12-13-30-6)22(28)17-8-10-18(24)11-9-17/h8-11,16H,7,12-13H2,1-6H3. The van der Waals surface area contributed by atoms with Gasteiger partial charge in [-0.15, -0.1) is 0 Å². The molecule has 0 bridgehead atoms. The maximum Gasteiger partial charge on any atom is 0.355 e. The molecule has 8 heteroatoms. The molecule has 0 saturated heterocycles. The summed E-state index contributed by atoms with van der Waals surface area (Å²) in [4.78, 5) is 40.5. The number of Topliss-reactive ketones (excluding diaryl/α,β-unsaturated/α-hetero) is 1. The molecule has 0 aliphatic rings. The number of halogens is 1. The Morgan fingerprint density at radius 2 is 1.77 bits per heavy atom. The number of carbonyl (C=O) groups is 3. The zero-order valence-corrected chi connectivity index (χ0v) is 19.6. The van der Waals surface area contributed by atoms with Crippen LogP contribution in [0.5, 0.6) is 0 Å². The summed E-state index contributed by atoms with van der Waals surface area (Å²) in [7, 11) is 3.26. The Hall–Kier alpha value is -2.64. The number of carbonyl (C=O) groups excluding carboxylic acids is 3. The number of aromatic nitrogens is 1. The number of ether oxygens (including phenoxy) is 2. The van der Waals surface area contributed by atoms with Crippen LogP contribution >= 0.6 is 11.6 Å². The molecule has 1 aromatic carbocycles. The van der Waals surface area contributed by atoms with Gasteiger partial charge in [-0.1, -0.05) is 11.6 Å². The van der Waals surface area contributed by atoms with Crippen LogP contribution in [0.2, 0.25) is 5.02 Å². The molecular formula is C23H29ClN2O5. The number of methoxy groups -OCH3 is 1. The fourth-order valence-electron chi connectivity index (χ4n) is 3.60. The predicted octanol–water partition coefficient (Wildman–Crippen LogP) is 3.83. The molecule has 1 unspecified atom stereocenters. The monoisotopic (exact) mass is 448 g/mol. The van der Waals surface area contributed by atoms with Crippen molar-refractivity contribution in [2.24, 2.45) is 7.05 Å². The number of hydrogen-bond donors (Lipinski definition) is 0. The molecule has 168 valence electrons. The van der Waals surface area contributed by atoms with Crippen LogP contribution in [0.15, 0.2) is 24.3 Å². The van der Waals surface area contributed by atoms with Crippen LogP contribution in [-0.4, -0.2) is 60.0 Å². The molecule has 0 radical (unpaired) electrons. The molecular weight excluding hydrogens is 420 g/mol. The maximum atomic E-state index is 13.5. The van der Waals surface area contributed by atoms with E-state index in [1.165, 1.54) is 12.0 Å². The van der Waals surface area contributed by atoms with E-state index in [1.807, 2.05) is 0 Å². The molecule has 2 rings (SSSR count). The molecule has 7 nitrogen and oxygen atoms in total. The van der Waals surface area contributed by atoms with Gasteiger partial charge in [0, 0.05) is 42.5 Å². The minimum Gasteiger partial charge on any atom is -0.461 e. The normalized spacial score (nSPS) is 11.8. The molecule has 0 N–H and O–H groups in total. The Morgan fingerprint density at radius 3 is 2.32 bits per heavy atom. The van der Waals surface area contributed by atoms with Crippen LogP contribution in [-0.2, 0) is 16.5 Å². The van der Waals surface area contributed by atoms with E-state index in [-0.39, 0.29) is 31.4 Å². The smallest absolute Gasteiger partial charge is 0.355 e. The molecule has 1 aromatic heterocycles. The second-order valence-corrected chi connectivity index (χ2v) is 7.69. The summed E-state index contributed by atoms with van der Waals surface area (Å²) in [5.41, 5.74) is 2.37. The van der Waals surface area contributed by atoms with Gasteiger partial charge in [0.1, 0.15) is 5.69 Å². The van der Waals surface area contributed by atoms with E-state index < -0.39 is 12.0 Å². The molecule has 0 saturated carbocycles. The summed E-state index contributed by atoms with van der Waals surface area (Å²) >= 11 is 5.93. The van der Waals surface area contributed by atoms with Gasteiger partial charge in [0.25, 0.3) is 5.91 Å². The van der Waals surface area contributed by atoms with Gasteiger partial charge in [0.2, 0.25) is 0 Å². The summed E-state index contributed by atoms with van der Waals surface area (Å²) < 4.78 is 12.0. The second-order valence-electron chi connectivity index (χ2n) is 7.25. The van der Waals surface area contributed by atoms with Crippen LogP contribution in [0.3, 0.4) is 0 Å². The SMILES string of the molecule is CCOC(=O)c1c(C)c(C(=O)C(C)N(CCOC)C(=O)c2ccc(Cl)cc2)c(C)n1C. The van der Waals surface area contributed by atoms with Crippen LogP contribution < -0.4 is 0 Å². The third-order valence-electron chi connectivity index (χ3n) is 5.38. The predicted molar refractivity (Wildman–Crippen MR) is 119 cm³/mol. The average Bonchev–Trinajstić information content (AvgIpc) is 2.96. The summed E-state index contributed by atoms with van der Waals surface area (Å²) in [6, 6.07) is 5.74. The highest BCUT2D eigenvalue weighted by atomic mass is 35.5. The molecule has 0 spiro atoms. The third kappa shape index (κ3) is 5.17. The number of ketones is 1. The van der Waals surface area contributed by atoms with E-state index in [4.69, 9.17) is 21.1 Å².